The first kappa shape index (κ1) is 16.4. The van der Waals surface area contributed by atoms with Crippen molar-refractivity contribution in [2.24, 2.45) is 5.41 Å². The number of hydrogen-bond donors (Lipinski definition) is 1. The molecule has 1 fully saturated rings. The summed E-state index contributed by atoms with van der Waals surface area (Å²) in [7, 11) is 1.69. The van der Waals surface area contributed by atoms with Crippen LogP contribution in [0.1, 0.15) is 46.5 Å². The van der Waals surface area contributed by atoms with E-state index >= 15 is 0 Å². The lowest BCUT2D eigenvalue weighted by Gasteiger charge is -2.41. The van der Waals surface area contributed by atoms with Gasteiger partial charge in [0.2, 0.25) is 5.91 Å². The van der Waals surface area contributed by atoms with Crippen molar-refractivity contribution >= 4 is 5.91 Å². The van der Waals surface area contributed by atoms with E-state index in [0.717, 1.165) is 38.8 Å². The zero-order valence-corrected chi connectivity index (χ0v) is 13.0. The molecule has 4 heteroatoms. The van der Waals surface area contributed by atoms with Crippen molar-refractivity contribution in [1.29, 1.82) is 0 Å². The predicted octanol–water partition coefficient (Wildman–Crippen LogP) is 2.04. The minimum atomic E-state index is -0.199. The van der Waals surface area contributed by atoms with Crippen molar-refractivity contribution in [1.82, 2.24) is 10.2 Å². The van der Waals surface area contributed by atoms with Gasteiger partial charge in [0.05, 0.1) is 12.0 Å². The molecule has 0 aromatic rings. The second kappa shape index (κ2) is 7.85. The molecule has 112 valence electrons. The minimum Gasteiger partial charge on any atom is -0.383 e. The molecule has 0 radical (unpaired) electrons. The third-order valence-corrected chi connectivity index (χ3v) is 4.52. The van der Waals surface area contributed by atoms with Crippen LogP contribution < -0.4 is 5.32 Å². The summed E-state index contributed by atoms with van der Waals surface area (Å²) in [6.07, 6.45) is 4.01. The van der Waals surface area contributed by atoms with Crippen molar-refractivity contribution < 1.29 is 9.53 Å². The van der Waals surface area contributed by atoms with Crippen LogP contribution in [-0.4, -0.2) is 50.2 Å². The predicted molar refractivity (Wildman–Crippen MR) is 78.2 cm³/mol. The summed E-state index contributed by atoms with van der Waals surface area (Å²) in [6.45, 7) is 9.58. The molecular formula is C15H30N2O2. The average molecular weight is 270 g/mol. The fourth-order valence-corrected chi connectivity index (χ4v) is 2.84. The molecule has 0 aliphatic carbocycles. The van der Waals surface area contributed by atoms with Gasteiger partial charge in [0, 0.05) is 26.2 Å². The molecule has 0 aromatic heterocycles. The molecular weight excluding hydrogens is 240 g/mol. The largest absolute Gasteiger partial charge is 0.383 e. The standard InChI is InChI=1S/C15H30N2O2/c1-5-13(3)17(10-11-19-4)14(18)15(6-2)8-7-9-16-12-15/h13,16H,5-12H2,1-4H3. The van der Waals surface area contributed by atoms with Crippen molar-refractivity contribution in [3.8, 4) is 0 Å². The Bertz CT molecular complexity index is 275. The molecule has 2 unspecified atom stereocenters. The van der Waals surface area contributed by atoms with E-state index < -0.39 is 0 Å². The van der Waals surface area contributed by atoms with Gasteiger partial charge in [0.25, 0.3) is 0 Å². The maximum absolute atomic E-state index is 13.0. The molecule has 1 amide bonds. The first-order valence-electron chi connectivity index (χ1n) is 7.62. The lowest BCUT2D eigenvalue weighted by atomic mass is 9.76. The number of methoxy groups -OCH3 is 1. The summed E-state index contributed by atoms with van der Waals surface area (Å²) in [6, 6.07) is 0.285. The Morgan fingerprint density at radius 1 is 1.47 bits per heavy atom. The lowest BCUT2D eigenvalue weighted by Crippen LogP contribution is -2.54. The highest BCUT2D eigenvalue weighted by Crippen LogP contribution is 2.33. The van der Waals surface area contributed by atoms with E-state index in [2.05, 4.69) is 26.1 Å². The Morgan fingerprint density at radius 2 is 2.21 bits per heavy atom. The Hall–Kier alpha value is -0.610. The molecule has 1 rings (SSSR count). The number of carbonyl (C=O) groups excluding carboxylic acids is 1. The smallest absolute Gasteiger partial charge is 0.230 e. The highest BCUT2D eigenvalue weighted by atomic mass is 16.5. The van der Waals surface area contributed by atoms with Crippen LogP contribution >= 0.6 is 0 Å². The molecule has 1 saturated heterocycles. The molecule has 0 bridgehead atoms. The number of amides is 1. The van der Waals surface area contributed by atoms with Crippen LogP contribution in [0.4, 0.5) is 0 Å². The Kier molecular flexibility index (Phi) is 6.80. The minimum absolute atomic E-state index is 0.199. The van der Waals surface area contributed by atoms with Crippen molar-refractivity contribution in [3.05, 3.63) is 0 Å². The van der Waals surface area contributed by atoms with Gasteiger partial charge < -0.3 is 15.0 Å². The van der Waals surface area contributed by atoms with Gasteiger partial charge in [-0.3, -0.25) is 4.79 Å². The van der Waals surface area contributed by atoms with Gasteiger partial charge in [0.15, 0.2) is 0 Å². The van der Waals surface area contributed by atoms with Crippen LogP contribution in [0.3, 0.4) is 0 Å². The molecule has 0 saturated carbocycles. The molecule has 1 aliphatic rings. The van der Waals surface area contributed by atoms with E-state index in [1.165, 1.54) is 0 Å². The Balaban J connectivity index is 2.82. The number of carbonyl (C=O) groups is 1. The average Bonchev–Trinajstić information content (AvgIpc) is 2.47. The van der Waals surface area contributed by atoms with Gasteiger partial charge in [-0.15, -0.1) is 0 Å². The number of nitrogens with one attached hydrogen (secondary N) is 1. The maximum atomic E-state index is 13.0. The highest BCUT2D eigenvalue weighted by molar-refractivity contribution is 5.83. The number of nitrogens with zero attached hydrogens (tertiary/aromatic N) is 1. The van der Waals surface area contributed by atoms with Crippen LogP contribution in [0.25, 0.3) is 0 Å². The van der Waals surface area contributed by atoms with Gasteiger partial charge in [0.1, 0.15) is 0 Å². The number of rotatable bonds is 7. The zero-order valence-electron chi connectivity index (χ0n) is 13.0. The van der Waals surface area contributed by atoms with Crippen LogP contribution in [0.2, 0.25) is 0 Å². The Morgan fingerprint density at radius 3 is 2.68 bits per heavy atom. The Labute approximate surface area is 117 Å². The summed E-state index contributed by atoms with van der Waals surface area (Å²) >= 11 is 0. The monoisotopic (exact) mass is 270 g/mol. The first-order chi connectivity index (χ1) is 9.11. The molecule has 1 aliphatic heterocycles. The van der Waals surface area contributed by atoms with Crippen molar-refractivity contribution in [3.63, 3.8) is 0 Å². The van der Waals surface area contributed by atoms with E-state index in [0.29, 0.717) is 19.1 Å². The molecule has 0 spiro atoms. The van der Waals surface area contributed by atoms with E-state index in [1.807, 2.05) is 4.90 Å². The van der Waals surface area contributed by atoms with Crippen LogP contribution in [0.5, 0.6) is 0 Å². The molecule has 1 N–H and O–H groups in total. The van der Waals surface area contributed by atoms with Gasteiger partial charge in [-0.05, 0) is 39.2 Å². The van der Waals surface area contributed by atoms with Gasteiger partial charge >= 0.3 is 0 Å². The van der Waals surface area contributed by atoms with E-state index in [4.69, 9.17) is 4.74 Å². The van der Waals surface area contributed by atoms with Gasteiger partial charge in [-0.2, -0.15) is 0 Å². The highest BCUT2D eigenvalue weighted by Gasteiger charge is 2.41. The summed E-state index contributed by atoms with van der Waals surface area (Å²) in [5, 5.41) is 3.40. The van der Waals surface area contributed by atoms with Crippen LogP contribution in [-0.2, 0) is 9.53 Å². The summed E-state index contributed by atoms with van der Waals surface area (Å²) < 4.78 is 5.16. The second-order valence-corrected chi connectivity index (χ2v) is 5.66. The third-order valence-electron chi connectivity index (χ3n) is 4.52. The third kappa shape index (κ3) is 3.93. The van der Waals surface area contributed by atoms with E-state index in [-0.39, 0.29) is 11.5 Å². The van der Waals surface area contributed by atoms with Gasteiger partial charge in [-0.1, -0.05) is 13.8 Å². The van der Waals surface area contributed by atoms with E-state index in [1.54, 1.807) is 7.11 Å². The number of piperidine rings is 1. The molecule has 1 heterocycles. The summed E-state index contributed by atoms with van der Waals surface area (Å²) in [5.41, 5.74) is -0.199. The van der Waals surface area contributed by atoms with Crippen LogP contribution in [0, 0.1) is 5.41 Å². The normalized spacial score (nSPS) is 25.1. The van der Waals surface area contributed by atoms with Gasteiger partial charge in [-0.25, -0.2) is 0 Å². The fourth-order valence-electron chi connectivity index (χ4n) is 2.84. The fraction of sp³-hybridized carbons (Fsp3) is 0.933. The number of hydrogen-bond acceptors (Lipinski definition) is 3. The second-order valence-electron chi connectivity index (χ2n) is 5.66. The molecule has 0 aromatic carbocycles. The van der Waals surface area contributed by atoms with Crippen LogP contribution in [0.15, 0.2) is 0 Å². The molecule has 19 heavy (non-hydrogen) atoms. The van der Waals surface area contributed by atoms with Crippen molar-refractivity contribution in [2.75, 3.05) is 33.4 Å². The molecule has 2 atom stereocenters. The maximum Gasteiger partial charge on any atom is 0.230 e. The quantitative estimate of drug-likeness (QED) is 0.770. The summed E-state index contributed by atoms with van der Waals surface area (Å²) in [4.78, 5) is 15.0. The van der Waals surface area contributed by atoms with Crippen molar-refractivity contribution in [2.45, 2.75) is 52.5 Å². The summed E-state index contributed by atoms with van der Waals surface area (Å²) in [5.74, 6) is 0.314. The lowest BCUT2D eigenvalue weighted by molar-refractivity contribution is -0.146. The first-order valence-corrected chi connectivity index (χ1v) is 7.62. The topological polar surface area (TPSA) is 41.6 Å². The molecule has 4 nitrogen and oxygen atoms in total. The SMILES string of the molecule is CCC(C)N(CCOC)C(=O)C1(CC)CCCNC1. The number of ether oxygens (including phenoxy) is 1. The zero-order chi connectivity index (χ0) is 14.3. The van der Waals surface area contributed by atoms with E-state index in [9.17, 15) is 4.79 Å².